The van der Waals surface area contributed by atoms with Crippen LogP contribution < -0.4 is 5.32 Å². The second kappa shape index (κ2) is 11.7. The molecule has 37 heavy (non-hydrogen) atoms. The maximum atomic E-state index is 15.5. The van der Waals surface area contributed by atoms with Gasteiger partial charge in [-0.2, -0.15) is 5.26 Å². The van der Waals surface area contributed by atoms with Crippen molar-refractivity contribution in [1.82, 2.24) is 10.3 Å². The second-order valence-electron chi connectivity index (χ2n) is 10.7. The molecule has 3 N–H and O–H groups in total. The first kappa shape index (κ1) is 29.4. The highest BCUT2D eigenvalue weighted by atomic mass is 35.5. The fourth-order valence-corrected chi connectivity index (χ4v) is 5.54. The van der Waals surface area contributed by atoms with Crippen molar-refractivity contribution in [1.29, 1.82) is 5.26 Å². The summed E-state index contributed by atoms with van der Waals surface area (Å²) in [6, 6.07) is 5.78. The Morgan fingerprint density at radius 2 is 2.03 bits per heavy atom. The van der Waals surface area contributed by atoms with E-state index in [0.29, 0.717) is 6.42 Å². The molecule has 1 aliphatic heterocycles. The first-order chi connectivity index (χ1) is 17.4. The number of aliphatic hydroxyl groups excluding tert-OH is 2. The molecule has 1 aromatic carbocycles. The highest BCUT2D eigenvalue weighted by Crippen LogP contribution is 2.52. The third kappa shape index (κ3) is 6.13. The average molecular weight is 554 g/mol. The number of nitrogens with zero attached hydrogens (tertiary/aromatic N) is 2. The van der Waals surface area contributed by atoms with E-state index in [1.165, 1.54) is 24.4 Å². The molecule has 0 radical (unpaired) electrons. The van der Waals surface area contributed by atoms with Crippen molar-refractivity contribution in [2.75, 3.05) is 6.61 Å². The average Bonchev–Trinajstić information content (AvgIpc) is 3.13. The number of Topliss-reactive ketones (excluding diaryl/α,β-unsaturated/α-hetero) is 1. The first-order valence-electron chi connectivity index (χ1n) is 12.1. The fourth-order valence-electron chi connectivity index (χ4n) is 5.21. The van der Waals surface area contributed by atoms with E-state index in [1.54, 1.807) is 0 Å². The third-order valence-corrected chi connectivity index (χ3v) is 7.29. The van der Waals surface area contributed by atoms with Gasteiger partial charge < -0.3 is 15.5 Å². The number of nitrogens with one attached hydrogen (secondary N) is 1. The lowest BCUT2D eigenvalue weighted by atomic mass is 9.64. The smallest absolute Gasteiger partial charge is 0.150 e. The van der Waals surface area contributed by atoms with Gasteiger partial charge in [-0.1, -0.05) is 56.1 Å². The lowest BCUT2D eigenvalue weighted by molar-refractivity contribution is -0.121. The number of carbonyl (C=O) groups is 1. The van der Waals surface area contributed by atoms with E-state index in [9.17, 15) is 15.2 Å². The molecule has 2 aromatic rings. The van der Waals surface area contributed by atoms with Gasteiger partial charge in [-0.15, -0.1) is 0 Å². The SMILES string of the molecule is CC(C)(C)C[C@@H]1N[C@@H](C(=O)CCC[C@H](O)CO)[C@H](c2cccc(Cl)c2F)[C@@]1(C#N)c1ncc(Cl)cc1F. The van der Waals surface area contributed by atoms with Gasteiger partial charge in [0.15, 0.2) is 0 Å². The molecule has 6 nitrogen and oxygen atoms in total. The van der Waals surface area contributed by atoms with E-state index in [1.807, 2.05) is 20.8 Å². The second-order valence-corrected chi connectivity index (χ2v) is 11.6. The van der Waals surface area contributed by atoms with Crippen LogP contribution in [0.25, 0.3) is 0 Å². The number of hydrogen-bond acceptors (Lipinski definition) is 6. The van der Waals surface area contributed by atoms with E-state index in [4.69, 9.17) is 28.3 Å². The Bertz CT molecular complexity index is 1180. The number of rotatable bonds is 9. The summed E-state index contributed by atoms with van der Waals surface area (Å²) in [6.07, 6.45) is 1.05. The zero-order valence-corrected chi connectivity index (χ0v) is 22.5. The van der Waals surface area contributed by atoms with Crippen molar-refractivity contribution < 1.29 is 23.8 Å². The number of ketones is 1. The van der Waals surface area contributed by atoms with Crippen molar-refractivity contribution in [3.63, 3.8) is 0 Å². The summed E-state index contributed by atoms with van der Waals surface area (Å²) in [7, 11) is 0. The number of aliphatic hydroxyl groups is 2. The van der Waals surface area contributed by atoms with E-state index in [0.717, 1.165) is 6.07 Å². The van der Waals surface area contributed by atoms with Gasteiger partial charge in [-0.25, -0.2) is 8.78 Å². The Hall–Kier alpha value is -2.15. The fraction of sp³-hybridized carbons (Fsp3) is 0.519. The summed E-state index contributed by atoms with van der Waals surface area (Å²) in [5.74, 6) is -3.13. The summed E-state index contributed by atoms with van der Waals surface area (Å²) in [5, 5.41) is 32.6. The van der Waals surface area contributed by atoms with Crippen molar-refractivity contribution >= 4 is 29.0 Å². The molecule has 10 heteroatoms. The molecule has 1 aliphatic rings. The molecule has 2 heterocycles. The topological polar surface area (TPSA) is 106 Å². The van der Waals surface area contributed by atoms with Crippen LogP contribution in [-0.4, -0.2) is 45.8 Å². The van der Waals surface area contributed by atoms with Gasteiger partial charge in [-0.3, -0.25) is 9.78 Å². The maximum Gasteiger partial charge on any atom is 0.150 e. The number of benzene rings is 1. The molecular weight excluding hydrogens is 523 g/mol. The van der Waals surface area contributed by atoms with Gasteiger partial charge in [0.05, 0.1) is 40.6 Å². The zero-order valence-electron chi connectivity index (χ0n) is 20.9. The Morgan fingerprint density at radius 1 is 1.32 bits per heavy atom. The Labute approximate surface area is 225 Å². The van der Waals surface area contributed by atoms with Crippen molar-refractivity contribution in [2.24, 2.45) is 5.41 Å². The quantitative estimate of drug-likeness (QED) is 0.399. The van der Waals surface area contributed by atoms with Gasteiger partial charge in [0.1, 0.15) is 22.8 Å². The van der Waals surface area contributed by atoms with Crippen LogP contribution in [0.2, 0.25) is 10.0 Å². The van der Waals surface area contributed by atoms with Gasteiger partial charge in [0.2, 0.25) is 0 Å². The summed E-state index contributed by atoms with van der Waals surface area (Å²) < 4.78 is 31.0. The lowest BCUT2D eigenvalue weighted by Crippen LogP contribution is -2.45. The predicted molar refractivity (Wildman–Crippen MR) is 137 cm³/mol. The minimum atomic E-state index is -1.78. The number of pyridine rings is 1. The standard InChI is InChI=1S/C27H31Cl2F2N3O3/c1-26(2,3)11-21-27(14-32,25-19(30)10-15(28)12-33-25)22(17-7-5-8-18(29)23(17)31)24(34-21)20(37)9-4-6-16(36)13-35/h5,7-8,10,12,16,21-22,24,34-36H,4,6,9,11,13H2,1-3H3/t16-,21-,22-,24-,27-/m0/s1. The van der Waals surface area contributed by atoms with Gasteiger partial charge in [0.25, 0.3) is 0 Å². The van der Waals surface area contributed by atoms with E-state index in [2.05, 4.69) is 16.4 Å². The van der Waals surface area contributed by atoms with Crippen molar-refractivity contribution in [3.05, 3.63) is 63.4 Å². The van der Waals surface area contributed by atoms with Crippen LogP contribution in [0, 0.1) is 28.4 Å². The number of hydrogen-bond donors (Lipinski definition) is 3. The molecule has 5 atom stereocenters. The molecule has 1 aromatic heterocycles. The molecule has 200 valence electrons. The van der Waals surface area contributed by atoms with E-state index in [-0.39, 0.29) is 51.8 Å². The molecule has 0 aliphatic carbocycles. The monoisotopic (exact) mass is 553 g/mol. The molecule has 0 saturated carbocycles. The molecule has 0 bridgehead atoms. The van der Waals surface area contributed by atoms with E-state index < -0.39 is 47.8 Å². The molecule has 0 spiro atoms. The number of halogens is 4. The van der Waals surface area contributed by atoms with Gasteiger partial charge in [-0.05, 0) is 42.4 Å². The van der Waals surface area contributed by atoms with Crippen LogP contribution in [-0.2, 0) is 10.2 Å². The molecular formula is C27H31Cl2F2N3O3. The molecule has 3 rings (SSSR count). The number of aromatic nitrogens is 1. The minimum absolute atomic E-state index is 0.00264. The van der Waals surface area contributed by atoms with Crippen LogP contribution in [0.3, 0.4) is 0 Å². The maximum absolute atomic E-state index is 15.5. The van der Waals surface area contributed by atoms with Gasteiger partial charge in [0, 0.05) is 24.6 Å². The summed E-state index contributed by atoms with van der Waals surface area (Å²) >= 11 is 12.1. The first-order valence-corrected chi connectivity index (χ1v) is 12.9. The number of nitriles is 1. The summed E-state index contributed by atoms with van der Waals surface area (Å²) in [4.78, 5) is 17.8. The molecule has 0 amide bonds. The van der Waals surface area contributed by atoms with Crippen molar-refractivity contribution in [3.8, 4) is 6.07 Å². The molecule has 1 fully saturated rings. The summed E-state index contributed by atoms with van der Waals surface area (Å²) in [6.45, 7) is 5.41. The number of carbonyl (C=O) groups excluding carboxylic acids is 1. The largest absolute Gasteiger partial charge is 0.394 e. The Kier molecular flexibility index (Phi) is 9.31. The highest BCUT2D eigenvalue weighted by Gasteiger charge is 2.61. The highest BCUT2D eigenvalue weighted by molar-refractivity contribution is 6.31. The Morgan fingerprint density at radius 3 is 2.62 bits per heavy atom. The lowest BCUT2D eigenvalue weighted by Gasteiger charge is -2.36. The minimum Gasteiger partial charge on any atom is -0.394 e. The van der Waals surface area contributed by atoms with Crippen LogP contribution in [0.5, 0.6) is 0 Å². The van der Waals surface area contributed by atoms with Crippen LogP contribution in [0.4, 0.5) is 8.78 Å². The summed E-state index contributed by atoms with van der Waals surface area (Å²) in [5.41, 5.74) is -2.36. The van der Waals surface area contributed by atoms with Crippen LogP contribution in [0.15, 0.2) is 30.5 Å². The van der Waals surface area contributed by atoms with E-state index >= 15 is 8.78 Å². The zero-order chi connectivity index (χ0) is 27.5. The third-order valence-electron chi connectivity index (χ3n) is 6.79. The molecule has 1 saturated heterocycles. The van der Waals surface area contributed by atoms with Crippen molar-refractivity contribution in [2.45, 2.75) is 76.0 Å². The van der Waals surface area contributed by atoms with Gasteiger partial charge >= 0.3 is 0 Å². The van der Waals surface area contributed by atoms with Crippen LogP contribution in [0.1, 0.15) is 63.6 Å². The predicted octanol–water partition coefficient (Wildman–Crippen LogP) is 5.08. The molecule has 0 unspecified atom stereocenters. The Balaban J connectivity index is 2.24. The normalized spacial score (nSPS) is 24.6. The van der Waals surface area contributed by atoms with Crippen LogP contribution >= 0.6 is 23.2 Å².